The van der Waals surface area contributed by atoms with Gasteiger partial charge in [0.25, 0.3) is 0 Å². The van der Waals surface area contributed by atoms with E-state index in [1.807, 2.05) is 0 Å². The Bertz CT molecular complexity index is 949. The molecule has 0 aliphatic carbocycles. The summed E-state index contributed by atoms with van der Waals surface area (Å²) in [4.78, 5) is 23.3. The van der Waals surface area contributed by atoms with Gasteiger partial charge >= 0.3 is 5.97 Å². The third kappa shape index (κ3) is 5.10. The molecule has 0 aliphatic heterocycles. The summed E-state index contributed by atoms with van der Waals surface area (Å²) in [6, 6.07) is 8.96. The van der Waals surface area contributed by atoms with Crippen LogP contribution >= 0.6 is 15.9 Å². The summed E-state index contributed by atoms with van der Waals surface area (Å²) in [5.74, 6) is -1.92. The van der Waals surface area contributed by atoms with Crippen LogP contribution in [-0.4, -0.2) is 33.9 Å². The standard InChI is InChI=1S/C16H14BrFN2O5S/c1-25-16(22)13-8-12(5-6-14(13)17)26(23,24)19-9-15(21)20-11-4-2-3-10(18)7-11/h2-8,19H,9H2,1H3,(H,20,21). The summed E-state index contributed by atoms with van der Waals surface area (Å²) in [5.41, 5.74) is 0.227. The predicted octanol–water partition coefficient (Wildman–Crippen LogP) is 2.29. The van der Waals surface area contributed by atoms with Crippen LogP contribution in [0.2, 0.25) is 0 Å². The van der Waals surface area contributed by atoms with E-state index >= 15 is 0 Å². The SMILES string of the molecule is COC(=O)c1cc(S(=O)(=O)NCC(=O)Nc2cccc(F)c2)ccc1Br. The minimum absolute atomic E-state index is 0.0274. The van der Waals surface area contributed by atoms with Crippen molar-refractivity contribution in [1.82, 2.24) is 4.72 Å². The number of amides is 1. The van der Waals surface area contributed by atoms with Crippen LogP contribution in [-0.2, 0) is 19.6 Å². The van der Waals surface area contributed by atoms with Crippen LogP contribution in [0.15, 0.2) is 51.8 Å². The lowest BCUT2D eigenvalue weighted by molar-refractivity contribution is -0.115. The van der Waals surface area contributed by atoms with Gasteiger partial charge in [-0.3, -0.25) is 4.79 Å². The molecule has 2 aromatic rings. The first-order valence-electron chi connectivity index (χ1n) is 7.16. The van der Waals surface area contributed by atoms with E-state index in [1.165, 1.54) is 37.4 Å². The minimum atomic E-state index is -4.05. The molecular weight excluding hydrogens is 431 g/mol. The van der Waals surface area contributed by atoms with Crippen molar-refractivity contribution in [3.8, 4) is 0 Å². The molecule has 2 rings (SSSR count). The normalized spacial score (nSPS) is 11.0. The van der Waals surface area contributed by atoms with Crippen molar-refractivity contribution < 1.29 is 27.1 Å². The summed E-state index contributed by atoms with van der Waals surface area (Å²) in [5, 5.41) is 2.37. The molecule has 10 heteroatoms. The van der Waals surface area contributed by atoms with Crippen molar-refractivity contribution >= 4 is 43.5 Å². The largest absolute Gasteiger partial charge is 0.465 e. The molecule has 0 aliphatic rings. The Kier molecular flexibility index (Phi) is 6.46. The van der Waals surface area contributed by atoms with E-state index in [0.29, 0.717) is 4.47 Å². The number of carbonyl (C=O) groups is 2. The highest BCUT2D eigenvalue weighted by molar-refractivity contribution is 9.10. The van der Waals surface area contributed by atoms with Crippen LogP contribution in [0.4, 0.5) is 10.1 Å². The summed E-state index contributed by atoms with van der Waals surface area (Å²) in [7, 11) is -2.88. The van der Waals surface area contributed by atoms with Crippen LogP contribution < -0.4 is 10.0 Å². The second-order valence-electron chi connectivity index (χ2n) is 5.02. The molecule has 0 atom stereocenters. The number of hydrogen-bond acceptors (Lipinski definition) is 5. The van der Waals surface area contributed by atoms with E-state index in [1.54, 1.807) is 0 Å². The summed E-state index contributed by atoms with van der Waals surface area (Å²) in [6.45, 7) is -0.567. The molecular formula is C16H14BrFN2O5S. The van der Waals surface area contributed by atoms with E-state index in [-0.39, 0.29) is 16.1 Å². The summed E-state index contributed by atoms with van der Waals surface area (Å²) < 4.78 is 44.7. The molecule has 0 unspecified atom stereocenters. The number of anilines is 1. The number of benzene rings is 2. The van der Waals surface area contributed by atoms with Gasteiger partial charge in [0, 0.05) is 10.2 Å². The zero-order valence-corrected chi connectivity index (χ0v) is 15.9. The van der Waals surface area contributed by atoms with Crippen LogP contribution in [0.1, 0.15) is 10.4 Å². The molecule has 7 nitrogen and oxygen atoms in total. The van der Waals surface area contributed by atoms with E-state index in [2.05, 4.69) is 30.7 Å². The number of nitrogens with one attached hydrogen (secondary N) is 2. The van der Waals surface area contributed by atoms with E-state index < -0.39 is 34.3 Å². The molecule has 0 aromatic heterocycles. The molecule has 0 heterocycles. The number of sulfonamides is 1. The highest BCUT2D eigenvalue weighted by atomic mass is 79.9. The first kappa shape index (κ1) is 20.0. The second kappa shape index (κ2) is 8.39. The topological polar surface area (TPSA) is 102 Å². The molecule has 0 radical (unpaired) electrons. The molecule has 0 bridgehead atoms. The highest BCUT2D eigenvalue weighted by Gasteiger charge is 2.19. The zero-order valence-electron chi connectivity index (χ0n) is 13.5. The molecule has 0 saturated carbocycles. The Hall–Kier alpha value is -2.30. The maximum Gasteiger partial charge on any atom is 0.339 e. The highest BCUT2D eigenvalue weighted by Crippen LogP contribution is 2.21. The van der Waals surface area contributed by atoms with Crippen molar-refractivity contribution in [3.05, 3.63) is 58.3 Å². The van der Waals surface area contributed by atoms with Gasteiger partial charge in [0.15, 0.2) is 0 Å². The van der Waals surface area contributed by atoms with Crippen LogP contribution in [0.5, 0.6) is 0 Å². The first-order chi connectivity index (χ1) is 12.2. The second-order valence-corrected chi connectivity index (χ2v) is 7.64. The fourth-order valence-corrected chi connectivity index (χ4v) is 3.37. The third-order valence-electron chi connectivity index (χ3n) is 3.18. The maximum absolute atomic E-state index is 13.1. The molecule has 2 N–H and O–H groups in total. The molecule has 26 heavy (non-hydrogen) atoms. The third-order valence-corrected chi connectivity index (χ3v) is 5.27. The lowest BCUT2D eigenvalue weighted by Crippen LogP contribution is -2.33. The Balaban J connectivity index is 2.09. The zero-order chi connectivity index (χ0) is 19.3. The van der Waals surface area contributed by atoms with Gasteiger partial charge in [0.2, 0.25) is 15.9 Å². The minimum Gasteiger partial charge on any atom is -0.465 e. The lowest BCUT2D eigenvalue weighted by atomic mass is 10.2. The summed E-state index contributed by atoms with van der Waals surface area (Å²) in [6.07, 6.45) is 0. The van der Waals surface area contributed by atoms with Gasteiger partial charge in [-0.1, -0.05) is 6.07 Å². The molecule has 0 spiro atoms. The Labute approximate surface area is 157 Å². The van der Waals surface area contributed by atoms with Gasteiger partial charge in [-0.05, 0) is 52.3 Å². The number of carbonyl (C=O) groups excluding carboxylic acids is 2. The number of methoxy groups -OCH3 is 1. The van der Waals surface area contributed by atoms with Crippen LogP contribution in [0.3, 0.4) is 0 Å². The van der Waals surface area contributed by atoms with Crippen LogP contribution in [0, 0.1) is 5.82 Å². The monoisotopic (exact) mass is 444 g/mol. The smallest absolute Gasteiger partial charge is 0.339 e. The number of hydrogen-bond donors (Lipinski definition) is 2. The average Bonchev–Trinajstić information content (AvgIpc) is 2.59. The maximum atomic E-state index is 13.1. The van der Waals surface area contributed by atoms with E-state index in [4.69, 9.17) is 0 Å². The van der Waals surface area contributed by atoms with Crippen molar-refractivity contribution in [1.29, 1.82) is 0 Å². The summed E-state index contributed by atoms with van der Waals surface area (Å²) >= 11 is 3.13. The van der Waals surface area contributed by atoms with E-state index in [0.717, 1.165) is 12.1 Å². The van der Waals surface area contributed by atoms with Gasteiger partial charge < -0.3 is 10.1 Å². The van der Waals surface area contributed by atoms with Gasteiger partial charge in [-0.2, -0.15) is 0 Å². The van der Waals surface area contributed by atoms with Gasteiger partial charge in [-0.15, -0.1) is 0 Å². The number of rotatable bonds is 6. The van der Waals surface area contributed by atoms with Crippen molar-refractivity contribution in [2.24, 2.45) is 0 Å². The van der Waals surface area contributed by atoms with Crippen molar-refractivity contribution in [2.75, 3.05) is 19.0 Å². The quantitative estimate of drug-likeness (QED) is 0.665. The lowest BCUT2D eigenvalue weighted by Gasteiger charge is -2.10. The molecule has 0 saturated heterocycles. The fourth-order valence-electron chi connectivity index (χ4n) is 1.95. The fraction of sp³-hybridized carbons (Fsp3) is 0.125. The average molecular weight is 445 g/mol. The molecule has 0 fully saturated rings. The Morgan fingerprint density at radius 1 is 1.19 bits per heavy atom. The van der Waals surface area contributed by atoms with Crippen molar-refractivity contribution in [2.45, 2.75) is 4.90 Å². The van der Waals surface area contributed by atoms with Gasteiger partial charge in [-0.25, -0.2) is 22.3 Å². The van der Waals surface area contributed by atoms with Crippen LogP contribution in [0.25, 0.3) is 0 Å². The number of ether oxygens (including phenoxy) is 1. The van der Waals surface area contributed by atoms with Gasteiger partial charge in [0.1, 0.15) is 5.82 Å². The Morgan fingerprint density at radius 3 is 2.58 bits per heavy atom. The number of esters is 1. The molecule has 2 aromatic carbocycles. The number of halogens is 2. The predicted molar refractivity (Wildman–Crippen MR) is 95.7 cm³/mol. The van der Waals surface area contributed by atoms with Gasteiger partial charge in [0.05, 0.1) is 24.1 Å². The Morgan fingerprint density at radius 2 is 1.92 bits per heavy atom. The van der Waals surface area contributed by atoms with E-state index in [9.17, 15) is 22.4 Å². The van der Waals surface area contributed by atoms with Crippen molar-refractivity contribution in [3.63, 3.8) is 0 Å². The molecule has 1 amide bonds. The first-order valence-corrected chi connectivity index (χ1v) is 9.43. The molecule has 138 valence electrons.